The van der Waals surface area contributed by atoms with Crippen LogP contribution in [0.15, 0.2) is 42.9 Å². The second-order valence-electron chi connectivity index (χ2n) is 4.98. The standard InChI is InChI=1S/C16H19N3O2/c1-18-6-4-13-12-14(2-3-15(13)18)16-17-5-7-19(16)8-10-21-11-9-20/h2-7,12,20H,8-11H2,1H3. The lowest BCUT2D eigenvalue weighted by Gasteiger charge is -2.08. The van der Waals surface area contributed by atoms with E-state index in [1.54, 1.807) is 6.20 Å². The van der Waals surface area contributed by atoms with Crippen LogP contribution in [0.5, 0.6) is 0 Å². The first kappa shape index (κ1) is 13.9. The highest BCUT2D eigenvalue weighted by molar-refractivity contribution is 5.84. The Balaban J connectivity index is 1.83. The summed E-state index contributed by atoms with van der Waals surface area (Å²) in [4.78, 5) is 4.45. The van der Waals surface area contributed by atoms with Crippen LogP contribution in [0.3, 0.4) is 0 Å². The van der Waals surface area contributed by atoms with Gasteiger partial charge in [-0.05, 0) is 24.3 Å². The van der Waals surface area contributed by atoms with E-state index < -0.39 is 0 Å². The third-order valence-corrected chi connectivity index (χ3v) is 3.57. The molecule has 0 amide bonds. The van der Waals surface area contributed by atoms with Crippen molar-refractivity contribution in [2.75, 3.05) is 19.8 Å². The summed E-state index contributed by atoms with van der Waals surface area (Å²) >= 11 is 0. The number of aromatic nitrogens is 3. The van der Waals surface area contributed by atoms with Gasteiger partial charge in [0, 0.05) is 48.6 Å². The average Bonchev–Trinajstić information content (AvgIpc) is 3.10. The molecule has 0 fully saturated rings. The second kappa shape index (κ2) is 6.11. The molecule has 0 unspecified atom stereocenters. The summed E-state index contributed by atoms with van der Waals surface area (Å²) in [6.45, 7) is 1.72. The first-order valence-electron chi connectivity index (χ1n) is 7.05. The Bertz CT molecular complexity index is 730. The Labute approximate surface area is 123 Å². The van der Waals surface area contributed by atoms with Crippen molar-refractivity contribution in [1.82, 2.24) is 14.1 Å². The molecule has 0 saturated carbocycles. The number of ether oxygens (including phenoxy) is 1. The van der Waals surface area contributed by atoms with E-state index in [-0.39, 0.29) is 6.61 Å². The van der Waals surface area contributed by atoms with E-state index in [1.807, 2.05) is 13.2 Å². The van der Waals surface area contributed by atoms with Crippen LogP contribution >= 0.6 is 0 Å². The number of aliphatic hydroxyl groups excluding tert-OH is 1. The van der Waals surface area contributed by atoms with Gasteiger partial charge in [-0.25, -0.2) is 4.98 Å². The van der Waals surface area contributed by atoms with Gasteiger partial charge in [0.05, 0.1) is 19.8 Å². The summed E-state index contributed by atoms with van der Waals surface area (Å²) in [5.41, 5.74) is 2.31. The van der Waals surface area contributed by atoms with Gasteiger partial charge in [0.15, 0.2) is 0 Å². The van der Waals surface area contributed by atoms with Crippen molar-refractivity contribution in [1.29, 1.82) is 0 Å². The van der Waals surface area contributed by atoms with E-state index in [9.17, 15) is 0 Å². The zero-order valence-electron chi connectivity index (χ0n) is 12.1. The lowest BCUT2D eigenvalue weighted by Crippen LogP contribution is -2.08. The molecule has 2 heterocycles. The smallest absolute Gasteiger partial charge is 0.139 e. The quantitative estimate of drug-likeness (QED) is 0.705. The van der Waals surface area contributed by atoms with Crippen LogP contribution in [-0.2, 0) is 18.3 Å². The summed E-state index contributed by atoms with van der Waals surface area (Å²) in [6.07, 6.45) is 5.81. The minimum absolute atomic E-state index is 0.0570. The molecule has 0 bridgehead atoms. The van der Waals surface area contributed by atoms with Crippen molar-refractivity contribution < 1.29 is 9.84 Å². The van der Waals surface area contributed by atoms with E-state index in [1.165, 1.54) is 10.9 Å². The lowest BCUT2D eigenvalue weighted by molar-refractivity contribution is 0.0872. The molecule has 0 aliphatic rings. The molecule has 110 valence electrons. The predicted molar refractivity (Wildman–Crippen MR) is 82.0 cm³/mol. The topological polar surface area (TPSA) is 52.2 Å². The van der Waals surface area contributed by atoms with Gasteiger partial charge < -0.3 is 19.0 Å². The summed E-state index contributed by atoms with van der Waals surface area (Å²) in [7, 11) is 2.04. The first-order chi connectivity index (χ1) is 10.3. The second-order valence-corrected chi connectivity index (χ2v) is 4.98. The molecule has 1 aromatic carbocycles. The zero-order valence-corrected chi connectivity index (χ0v) is 12.1. The Kier molecular flexibility index (Phi) is 4.03. The maximum atomic E-state index is 8.71. The molecule has 0 aliphatic heterocycles. The number of rotatable bonds is 6. The number of nitrogens with zero attached hydrogens (tertiary/aromatic N) is 3. The summed E-state index contributed by atoms with van der Waals surface area (Å²) in [6, 6.07) is 8.47. The number of hydrogen-bond acceptors (Lipinski definition) is 3. The average molecular weight is 285 g/mol. The molecule has 0 radical (unpaired) electrons. The van der Waals surface area contributed by atoms with Gasteiger partial charge in [0.2, 0.25) is 0 Å². The van der Waals surface area contributed by atoms with Crippen molar-refractivity contribution >= 4 is 10.9 Å². The molecular weight excluding hydrogens is 266 g/mol. The number of benzene rings is 1. The highest BCUT2D eigenvalue weighted by atomic mass is 16.5. The van der Waals surface area contributed by atoms with Crippen LogP contribution in [0.25, 0.3) is 22.3 Å². The number of aryl methyl sites for hydroxylation is 1. The van der Waals surface area contributed by atoms with Gasteiger partial charge in [-0.2, -0.15) is 0 Å². The Morgan fingerprint density at radius 2 is 2.10 bits per heavy atom. The van der Waals surface area contributed by atoms with Crippen LogP contribution < -0.4 is 0 Å². The minimum atomic E-state index is 0.0570. The van der Waals surface area contributed by atoms with E-state index in [2.05, 4.69) is 44.6 Å². The maximum absolute atomic E-state index is 8.71. The first-order valence-corrected chi connectivity index (χ1v) is 7.05. The Morgan fingerprint density at radius 1 is 1.19 bits per heavy atom. The number of hydrogen-bond donors (Lipinski definition) is 1. The normalized spacial score (nSPS) is 11.3. The maximum Gasteiger partial charge on any atom is 0.139 e. The molecule has 5 nitrogen and oxygen atoms in total. The molecule has 21 heavy (non-hydrogen) atoms. The fraction of sp³-hybridized carbons (Fsp3) is 0.312. The Morgan fingerprint density at radius 3 is 2.95 bits per heavy atom. The Hall–Kier alpha value is -2.11. The zero-order chi connectivity index (χ0) is 14.7. The predicted octanol–water partition coefficient (Wildman–Crippen LogP) is 2.05. The molecule has 0 spiro atoms. The third-order valence-electron chi connectivity index (χ3n) is 3.57. The van der Waals surface area contributed by atoms with Crippen LogP contribution in [0.2, 0.25) is 0 Å². The molecule has 0 saturated heterocycles. The van der Waals surface area contributed by atoms with E-state index in [4.69, 9.17) is 9.84 Å². The van der Waals surface area contributed by atoms with E-state index in [0.717, 1.165) is 17.9 Å². The van der Waals surface area contributed by atoms with Crippen molar-refractivity contribution in [3.63, 3.8) is 0 Å². The summed E-state index contributed by atoms with van der Waals surface area (Å²) < 4.78 is 9.50. The highest BCUT2D eigenvalue weighted by Crippen LogP contribution is 2.23. The van der Waals surface area contributed by atoms with Gasteiger partial charge in [-0.3, -0.25) is 0 Å². The van der Waals surface area contributed by atoms with Crippen LogP contribution in [0, 0.1) is 0 Å². The van der Waals surface area contributed by atoms with Gasteiger partial charge in [0.25, 0.3) is 0 Å². The number of fused-ring (bicyclic) bond motifs is 1. The summed E-state index contributed by atoms with van der Waals surface area (Å²) in [5, 5.41) is 9.92. The van der Waals surface area contributed by atoms with Gasteiger partial charge in [0.1, 0.15) is 5.82 Å². The minimum Gasteiger partial charge on any atom is -0.394 e. The fourth-order valence-electron chi connectivity index (χ4n) is 2.50. The van der Waals surface area contributed by atoms with Gasteiger partial charge in [-0.15, -0.1) is 0 Å². The van der Waals surface area contributed by atoms with Crippen LogP contribution in [-0.4, -0.2) is 39.0 Å². The molecule has 0 aliphatic carbocycles. The largest absolute Gasteiger partial charge is 0.394 e. The molecule has 1 N–H and O–H groups in total. The molecule has 5 heteroatoms. The van der Waals surface area contributed by atoms with Crippen LogP contribution in [0.4, 0.5) is 0 Å². The molecular formula is C16H19N3O2. The number of aliphatic hydroxyl groups is 1. The van der Waals surface area contributed by atoms with E-state index >= 15 is 0 Å². The lowest BCUT2D eigenvalue weighted by atomic mass is 10.1. The molecule has 3 rings (SSSR count). The molecule has 3 aromatic rings. The van der Waals surface area contributed by atoms with Crippen molar-refractivity contribution in [3.05, 3.63) is 42.9 Å². The molecule has 2 aromatic heterocycles. The van der Waals surface area contributed by atoms with Crippen molar-refractivity contribution in [3.8, 4) is 11.4 Å². The van der Waals surface area contributed by atoms with Gasteiger partial charge in [-0.1, -0.05) is 0 Å². The SMILES string of the molecule is Cn1ccc2cc(-c3nccn3CCOCCO)ccc21. The summed E-state index contributed by atoms with van der Waals surface area (Å²) in [5.74, 6) is 0.938. The highest BCUT2D eigenvalue weighted by Gasteiger charge is 2.07. The number of imidazole rings is 1. The fourth-order valence-corrected chi connectivity index (χ4v) is 2.50. The van der Waals surface area contributed by atoms with E-state index in [0.29, 0.717) is 13.2 Å². The van der Waals surface area contributed by atoms with Crippen molar-refractivity contribution in [2.45, 2.75) is 6.54 Å². The molecule has 0 atom stereocenters. The van der Waals surface area contributed by atoms with Gasteiger partial charge >= 0.3 is 0 Å². The third kappa shape index (κ3) is 2.84. The monoisotopic (exact) mass is 285 g/mol. The van der Waals surface area contributed by atoms with Crippen molar-refractivity contribution in [2.24, 2.45) is 7.05 Å². The van der Waals surface area contributed by atoms with Crippen LogP contribution in [0.1, 0.15) is 0 Å².